The third-order valence-electron chi connectivity index (χ3n) is 3.68. The number of anilines is 2. The molecule has 5 N–H and O–H groups in total. The molecule has 1 atom stereocenters. The van der Waals surface area contributed by atoms with Crippen molar-refractivity contribution in [2.75, 3.05) is 23.7 Å². The predicted octanol–water partition coefficient (Wildman–Crippen LogP) is 1.18. The Morgan fingerprint density at radius 3 is 2.85 bits per heavy atom. The summed E-state index contributed by atoms with van der Waals surface area (Å²) in [5.74, 6) is 0.150. The summed E-state index contributed by atoms with van der Waals surface area (Å²) in [7, 11) is 0. The molecule has 1 amide bonds. The van der Waals surface area contributed by atoms with E-state index in [1.54, 1.807) is 0 Å². The second kappa shape index (κ2) is 5.57. The maximum absolute atomic E-state index is 12.3. The van der Waals surface area contributed by atoms with E-state index >= 15 is 0 Å². The Labute approximate surface area is 123 Å². The summed E-state index contributed by atoms with van der Waals surface area (Å²) in [4.78, 5) is 19.2. The molecule has 20 heavy (non-hydrogen) atoms. The summed E-state index contributed by atoms with van der Waals surface area (Å²) >= 11 is 1.34. The summed E-state index contributed by atoms with van der Waals surface area (Å²) < 4.78 is 0. The second-order valence-electron chi connectivity index (χ2n) is 5.90. The highest BCUT2D eigenvalue weighted by atomic mass is 32.1. The number of rotatable bonds is 4. The second-order valence-corrected chi connectivity index (χ2v) is 6.87. The monoisotopic (exact) mass is 297 g/mol. The summed E-state index contributed by atoms with van der Waals surface area (Å²) in [5.41, 5.74) is 11.5. The van der Waals surface area contributed by atoms with Crippen LogP contribution in [0.4, 0.5) is 10.9 Å². The molecule has 2 heterocycles. The zero-order valence-electron chi connectivity index (χ0n) is 12.3. The van der Waals surface area contributed by atoms with Gasteiger partial charge >= 0.3 is 0 Å². The first-order valence-corrected chi connectivity index (χ1v) is 7.73. The van der Waals surface area contributed by atoms with Crippen LogP contribution in [0.2, 0.25) is 0 Å². The number of thiazole rings is 1. The van der Waals surface area contributed by atoms with Crippen LogP contribution in [0.5, 0.6) is 0 Å². The van der Waals surface area contributed by atoms with Crippen LogP contribution in [0, 0.1) is 0 Å². The fourth-order valence-corrected chi connectivity index (χ4v) is 2.95. The first kappa shape index (κ1) is 15.1. The number of hydrogen-bond donors (Lipinski definition) is 3. The zero-order valence-corrected chi connectivity index (χ0v) is 13.1. The maximum Gasteiger partial charge on any atom is 0.265 e. The van der Waals surface area contributed by atoms with Crippen LogP contribution in [-0.2, 0) is 0 Å². The third kappa shape index (κ3) is 3.21. The molecule has 1 saturated heterocycles. The predicted molar refractivity (Wildman–Crippen MR) is 83.2 cm³/mol. The van der Waals surface area contributed by atoms with Gasteiger partial charge in [0.05, 0.1) is 0 Å². The van der Waals surface area contributed by atoms with E-state index in [4.69, 9.17) is 11.5 Å². The van der Waals surface area contributed by atoms with Crippen molar-refractivity contribution in [2.45, 2.75) is 45.2 Å². The van der Waals surface area contributed by atoms with Crippen LogP contribution in [-0.4, -0.2) is 35.6 Å². The van der Waals surface area contributed by atoms with Gasteiger partial charge in [-0.2, -0.15) is 0 Å². The summed E-state index contributed by atoms with van der Waals surface area (Å²) in [6.45, 7) is 7.66. The normalized spacial score (nSPS) is 19.4. The Morgan fingerprint density at radius 2 is 2.30 bits per heavy atom. The SMILES string of the molecule is CCC(C)(C)NC(=O)c1sc(N2CCC(N)C2)nc1N. The summed E-state index contributed by atoms with van der Waals surface area (Å²) in [6, 6.07) is 0.177. The van der Waals surface area contributed by atoms with Crippen molar-refractivity contribution in [3.8, 4) is 0 Å². The first-order chi connectivity index (χ1) is 9.32. The number of aromatic nitrogens is 1. The van der Waals surface area contributed by atoms with Gasteiger partial charge in [0.15, 0.2) is 5.13 Å². The van der Waals surface area contributed by atoms with Crippen LogP contribution in [0.1, 0.15) is 43.3 Å². The van der Waals surface area contributed by atoms with Gasteiger partial charge in [0.1, 0.15) is 10.7 Å². The van der Waals surface area contributed by atoms with Crippen LogP contribution < -0.4 is 21.7 Å². The Morgan fingerprint density at radius 1 is 1.60 bits per heavy atom. The molecule has 1 aromatic rings. The maximum atomic E-state index is 12.3. The fraction of sp³-hybridized carbons (Fsp3) is 0.692. The third-order valence-corrected chi connectivity index (χ3v) is 4.81. The largest absolute Gasteiger partial charge is 0.382 e. The molecule has 0 spiro atoms. The van der Waals surface area contributed by atoms with Crippen LogP contribution in [0.15, 0.2) is 0 Å². The molecule has 0 saturated carbocycles. The molecule has 0 aliphatic carbocycles. The number of nitrogens with two attached hydrogens (primary N) is 2. The van der Waals surface area contributed by atoms with Crippen LogP contribution in [0.25, 0.3) is 0 Å². The van der Waals surface area contributed by atoms with Gasteiger partial charge in [-0.1, -0.05) is 18.3 Å². The molecular formula is C13H23N5OS. The van der Waals surface area contributed by atoms with E-state index in [0.29, 0.717) is 10.7 Å². The standard InChI is InChI=1S/C13H23N5OS/c1-4-13(2,3)17-11(19)9-10(15)16-12(20-9)18-6-5-8(14)7-18/h8H,4-7,14-15H2,1-3H3,(H,17,19). The number of nitrogen functional groups attached to an aromatic ring is 1. The number of amides is 1. The van der Waals surface area contributed by atoms with Gasteiger partial charge in [-0.15, -0.1) is 0 Å². The Bertz CT molecular complexity index is 499. The van der Waals surface area contributed by atoms with Gasteiger partial charge in [-0.05, 0) is 26.7 Å². The molecule has 1 unspecified atom stereocenters. The lowest BCUT2D eigenvalue weighted by Crippen LogP contribution is -2.42. The molecule has 7 heteroatoms. The Hall–Kier alpha value is -1.34. The van der Waals surface area contributed by atoms with Gasteiger partial charge in [-0.3, -0.25) is 4.79 Å². The smallest absolute Gasteiger partial charge is 0.265 e. The van der Waals surface area contributed by atoms with Crippen molar-refractivity contribution >= 4 is 28.2 Å². The molecule has 6 nitrogen and oxygen atoms in total. The highest BCUT2D eigenvalue weighted by Crippen LogP contribution is 2.30. The fourth-order valence-electron chi connectivity index (χ4n) is 2.03. The molecule has 0 aromatic carbocycles. The molecule has 1 aliphatic rings. The Balaban J connectivity index is 2.13. The topological polar surface area (TPSA) is 97.3 Å². The van der Waals surface area contributed by atoms with Crippen molar-refractivity contribution < 1.29 is 4.79 Å². The van der Waals surface area contributed by atoms with Gasteiger partial charge in [0.25, 0.3) is 5.91 Å². The van der Waals surface area contributed by atoms with Gasteiger partial charge < -0.3 is 21.7 Å². The number of carbonyl (C=O) groups is 1. The highest BCUT2D eigenvalue weighted by molar-refractivity contribution is 7.18. The number of carbonyl (C=O) groups excluding carboxylic acids is 1. The molecule has 0 bridgehead atoms. The average molecular weight is 297 g/mol. The molecule has 112 valence electrons. The van der Waals surface area contributed by atoms with Crippen molar-refractivity contribution in [1.82, 2.24) is 10.3 Å². The molecule has 1 fully saturated rings. The van der Waals surface area contributed by atoms with Crippen LogP contribution in [0.3, 0.4) is 0 Å². The lowest BCUT2D eigenvalue weighted by molar-refractivity contribution is 0.0916. The van der Waals surface area contributed by atoms with Crippen molar-refractivity contribution in [1.29, 1.82) is 0 Å². The lowest BCUT2D eigenvalue weighted by Gasteiger charge is -2.23. The van der Waals surface area contributed by atoms with E-state index in [2.05, 4.69) is 15.2 Å². The van der Waals surface area contributed by atoms with Crippen LogP contribution >= 0.6 is 11.3 Å². The van der Waals surface area contributed by atoms with E-state index in [9.17, 15) is 4.79 Å². The van der Waals surface area contributed by atoms with E-state index in [1.807, 2.05) is 20.8 Å². The first-order valence-electron chi connectivity index (χ1n) is 6.91. The Kier molecular flexibility index (Phi) is 4.19. The summed E-state index contributed by atoms with van der Waals surface area (Å²) in [5, 5.41) is 3.77. The number of nitrogens with zero attached hydrogens (tertiary/aromatic N) is 2. The number of nitrogens with one attached hydrogen (secondary N) is 1. The van der Waals surface area contributed by atoms with E-state index in [-0.39, 0.29) is 17.5 Å². The van der Waals surface area contributed by atoms with Crippen molar-refractivity contribution in [3.05, 3.63) is 4.88 Å². The minimum atomic E-state index is -0.246. The zero-order chi connectivity index (χ0) is 14.9. The van der Waals surface area contributed by atoms with E-state index in [0.717, 1.165) is 31.1 Å². The number of hydrogen-bond acceptors (Lipinski definition) is 6. The lowest BCUT2D eigenvalue weighted by atomic mass is 10.0. The van der Waals surface area contributed by atoms with Gasteiger partial charge in [0.2, 0.25) is 0 Å². The van der Waals surface area contributed by atoms with E-state index < -0.39 is 0 Å². The summed E-state index contributed by atoms with van der Waals surface area (Å²) in [6.07, 6.45) is 1.80. The quantitative estimate of drug-likeness (QED) is 0.775. The van der Waals surface area contributed by atoms with E-state index in [1.165, 1.54) is 11.3 Å². The minimum Gasteiger partial charge on any atom is -0.382 e. The molecule has 0 radical (unpaired) electrons. The van der Waals surface area contributed by atoms with Crippen molar-refractivity contribution in [2.24, 2.45) is 5.73 Å². The molecule has 1 aromatic heterocycles. The van der Waals surface area contributed by atoms with Crippen molar-refractivity contribution in [3.63, 3.8) is 0 Å². The highest BCUT2D eigenvalue weighted by Gasteiger charge is 2.26. The molecule has 2 rings (SSSR count). The molecule has 1 aliphatic heterocycles. The van der Waals surface area contributed by atoms with Gasteiger partial charge in [0, 0.05) is 24.7 Å². The van der Waals surface area contributed by atoms with Gasteiger partial charge in [-0.25, -0.2) is 4.98 Å². The average Bonchev–Trinajstić information content (AvgIpc) is 2.95. The molecular weight excluding hydrogens is 274 g/mol. The minimum absolute atomic E-state index is 0.151.